The molecule has 27 heavy (non-hydrogen) atoms. The Bertz CT molecular complexity index is 1260. The van der Waals surface area contributed by atoms with Gasteiger partial charge in [0.05, 0.1) is 20.8 Å². The first-order valence-corrected chi connectivity index (χ1v) is 11.1. The van der Waals surface area contributed by atoms with E-state index in [1.807, 2.05) is 11.4 Å². The number of halogens is 2. The van der Waals surface area contributed by atoms with Gasteiger partial charge in [-0.2, -0.15) is 0 Å². The van der Waals surface area contributed by atoms with E-state index in [1.54, 1.807) is 30.5 Å². The smallest absolute Gasteiger partial charge is 0.185 e. The first kappa shape index (κ1) is 18.3. The highest BCUT2D eigenvalue weighted by atomic mass is 35.5. The Morgan fingerprint density at radius 2 is 1.89 bits per heavy atom. The van der Waals surface area contributed by atoms with E-state index >= 15 is 0 Å². The summed E-state index contributed by atoms with van der Waals surface area (Å²) >= 11 is 13.4. The quantitative estimate of drug-likeness (QED) is 0.420. The molecule has 0 atom stereocenters. The predicted molar refractivity (Wildman–Crippen MR) is 108 cm³/mol. The van der Waals surface area contributed by atoms with Crippen LogP contribution in [0.4, 0.5) is 0 Å². The lowest BCUT2D eigenvalue weighted by Gasteiger charge is -2.08. The normalized spacial score (nSPS) is 11.8. The number of thiophene rings is 1. The van der Waals surface area contributed by atoms with E-state index in [2.05, 4.69) is 15.0 Å². The molecule has 0 amide bonds. The number of fused-ring (bicyclic) bond motifs is 1. The van der Waals surface area contributed by atoms with Crippen molar-refractivity contribution in [2.45, 2.75) is 10.6 Å². The van der Waals surface area contributed by atoms with E-state index in [1.165, 1.54) is 23.5 Å². The van der Waals surface area contributed by atoms with Crippen molar-refractivity contribution >= 4 is 54.6 Å². The summed E-state index contributed by atoms with van der Waals surface area (Å²) in [6.07, 6.45) is 1.58. The Hall–Kier alpha value is -2.06. The Morgan fingerprint density at radius 3 is 2.67 bits per heavy atom. The molecule has 0 N–H and O–H groups in total. The highest BCUT2D eigenvalue weighted by Crippen LogP contribution is 2.31. The first-order valence-electron chi connectivity index (χ1n) is 7.77. The average Bonchev–Trinajstić information content (AvgIpc) is 3.09. The number of aromatic nitrogens is 3. The van der Waals surface area contributed by atoms with Crippen molar-refractivity contribution in [3.05, 3.63) is 70.0 Å². The zero-order chi connectivity index (χ0) is 19.0. The Labute approximate surface area is 169 Å². The van der Waals surface area contributed by atoms with Crippen LogP contribution in [0.5, 0.6) is 0 Å². The van der Waals surface area contributed by atoms with Crippen LogP contribution in [0.1, 0.15) is 5.82 Å². The van der Waals surface area contributed by atoms with Gasteiger partial charge < -0.3 is 0 Å². The SMILES string of the molecule is O=S(=O)(Cc1nc(-c2ccnc(Cl)c2)c2sccc2n1)c1cccc(Cl)c1. The van der Waals surface area contributed by atoms with Crippen molar-refractivity contribution in [2.24, 2.45) is 0 Å². The fourth-order valence-corrected chi connectivity index (χ4v) is 5.13. The number of sulfone groups is 1. The molecule has 136 valence electrons. The summed E-state index contributed by atoms with van der Waals surface area (Å²) < 4.78 is 26.4. The van der Waals surface area contributed by atoms with Crippen molar-refractivity contribution in [3.8, 4) is 11.3 Å². The molecule has 5 nitrogen and oxygen atoms in total. The monoisotopic (exact) mass is 435 g/mol. The maximum absolute atomic E-state index is 12.8. The summed E-state index contributed by atoms with van der Waals surface area (Å²) in [5.41, 5.74) is 2.08. The van der Waals surface area contributed by atoms with Crippen molar-refractivity contribution < 1.29 is 8.42 Å². The van der Waals surface area contributed by atoms with Crippen LogP contribution in [0.25, 0.3) is 21.5 Å². The number of benzene rings is 1. The second-order valence-electron chi connectivity index (χ2n) is 5.71. The number of nitrogens with zero attached hydrogens (tertiary/aromatic N) is 3. The largest absolute Gasteiger partial charge is 0.245 e. The molecule has 0 aliphatic heterocycles. The van der Waals surface area contributed by atoms with Gasteiger partial charge in [0.2, 0.25) is 0 Å². The molecular weight excluding hydrogens is 425 g/mol. The van der Waals surface area contributed by atoms with E-state index in [9.17, 15) is 8.42 Å². The number of pyridine rings is 1. The Balaban J connectivity index is 1.81. The molecule has 0 bridgehead atoms. The lowest BCUT2D eigenvalue weighted by atomic mass is 10.2. The van der Waals surface area contributed by atoms with Gasteiger partial charge in [-0.1, -0.05) is 29.3 Å². The molecule has 0 saturated heterocycles. The van der Waals surface area contributed by atoms with Gasteiger partial charge in [0.25, 0.3) is 0 Å². The zero-order valence-corrected chi connectivity index (χ0v) is 16.8. The molecule has 3 aromatic heterocycles. The lowest BCUT2D eigenvalue weighted by Crippen LogP contribution is -2.09. The molecular formula is C18H11Cl2N3O2S2. The fourth-order valence-electron chi connectivity index (χ4n) is 2.64. The van der Waals surface area contributed by atoms with Crippen LogP contribution in [0.15, 0.2) is 58.9 Å². The van der Waals surface area contributed by atoms with Crippen LogP contribution in [0.3, 0.4) is 0 Å². The summed E-state index contributed by atoms with van der Waals surface area (Å²) in [7, 11) is -3.64. The van der Waals surface area contributed by atoms with Crippen molar-refractivity contribution in [1.29, 1.82) is 0 Å². The Morgan fingerprint density at radius 1 is 1.04 bits per heavy atom. The van der Waals surface area contributed by atoms with Gasteiger partial charge in [0.1, 0.15) is 16.7 Å². The van der Waals surface area contributed by atoms with Crippen molar-refractivity contribution in [2.75, 3.05) is 0 Å². The third-order valence-corrected chi connectivity index (χ3v) is 6.79. The molecule has 1 aromatic carbocycles. The molecule has 0 radical (unpaired) electrons. The van der Waals surface area contributed by atoms with Crippen LogP contribution in [-0.2, 0) is 15.6 Å². The van der Waals surface area contributed by atoms with Crippen molar-refractivity contribution in [1.82, 2.24) is 15.0 Å². The molecule has 0 fully saturated rings. The van der Waals surface area contributed by atoms with Crippen LogP contribution in [0.2, 0.25) is 10.2 Å². The van der Waals surface area contributed by atoms with Crippen LogP contribution < -0.4 is 0 Å². The number of hydrogen-bond donors (Lipinski definition) is 0. The van der Waals surface area contributed by atoms with Gasteiger partial charge in [-0.3, -0.25) is 0 Å². The minimum absolute atomic E-state index is 0.137. The van der Waals surface area contributed by atoms with Crippen LogP contribution in [0, 0.1) is 0 Å². The van der Waals surface area contributed by atoms with Crippen LogP contribution in [-0.4, -0.2) is 23.4 Å². The van der Waals surface area contributed by atoms with Gasteiger partial charge in [0, 0.05) is 16.8 Å². The van der Waals surface area contributed by atoms with E-state index < -0.39 is 9.84 Å². The first-order chi connectivity index (χ1) is 12.9. The lowest BCUT2D eigenvalue weighted by molar-refractivity contribution is 0.594. The van der Waals surface area contributed by atoms with Gasteiger partial charge in [0.15, 0.2) is 9.84 Å². The van der Waals surface area contributed by atoms with Gasteiger partial charge >= 0.3 is 0 Å². The molecule has 0 saturated carbocycles. The van der Waals surface area contributed by atoms with Gasteiger partial charge in [-0.25, -0.2) is 23.4 Å². The highest BCUT2D eigenvalue weighted by Gasteiger charge is 2.20. The molecule has 0 spiro atoms. The summed E-state index contributed by atoms with van der Waals surface area (Å²) in [5.74, 6) is -0.117. The van der Waals surface area contributed by atoms with E-state index in [0.717, 1.165) is 10.3 Å². The zero-order valence-electron chi connectivity index (χ0n) is 13.6. The fraction of sp³-hybridized carbons (Fsp3) is 0.0556. The van der Waals surface area contributed by atoms with Crippen molar-refractivity contribution in [3.63, 3.8) is 0 Å². The minimum atomic E-state index is -3.64. The average molecular weight is 436 g/mol. The predicted octanol–water partition coefficient (Wildman–Crippen LogP) is 5.03. The van der Waals surface area contributed by atoms with Gasteiger partial charge in [-0.05, 0) is 41.8 Å². The standard InChI is InChI=1S/C18H11Cl2N3O2S2/c19-12-2-1-3-13(9-12)27(24,25)10-16-22-14-5-7-26-18(14)17(23-16)11-4-6-21-15(20)8-11/h1-9H,10H2. The molecule has 0 aliphatic rings. The molecule has 9 heteroatoms. The Kier molecular flexibility index (Phi) is 4.86. The molecule has 0 aliphatic carbocycles. The number of rotatable bonds is 4. The third kappa shape index (κ3) is 3.82. The van der Waals surface area contributed by atoms with E-state index in [0.29, 0.717) is 21.4 Å². The molecule has 0 unspecified atom stereocenters. The maximum atomic E-state index is 12.8. The molecule has 4 aromatic rings. The van der Waals surface area contributed by atoms with Crippen LogP contribution >= 0.6 is 34.5 Å². The highest BCUT2D eigenvalue weighted by molar-refractivity contribution is 7.90. The van der Waals surface area contributed by atoms with E-state index in [-0.39, 0.29) is 16.5 Å². The second-order valence-corrected chi connectivity index (χ2v) is 9.44. The van der Waals surface area contributed by atoms with E-state index in [4.69, 9.17) is 23.2 Å². The summed E-state index contributed by atoms with van der Waals surface area (Å²) in [6, 6.07) is 11.5. The van der Waals surface area contributed by atoms with Gasteiger partial charge in [-0.15, -0.1) is 11.3 Å². The minimum Gasteiger partial charge on any atom is -0.245 e. The maximum Gasteiger partial charge on any atom is 0.185 e. The molecule has 3 heterocycles. The third-order valence-electron chi connectivity index (χ3n) is 3.82. The summed E-state index contributed by atoms with van der Waals surface area (Å²) in [5, 5.41) is 2.59. The topological polar surface area (TPSA) is 72.8 Å². The second kappa shape index (κ2) is 7.16. The number of hydrogen-bond acceptors (Lipinski definition) is 6. The summed E-state index contributed by atoms with van der Waals surface area (Å²) in [6.45, 7) is 0. The summed E-state index contributed by atoms with van der Waals surface area (Å²) in [4.78, 5) is 13.1. The molecule has 4 rings (SSSR count).